The Hall–Kier alpha value is -3.07. The van der Waals surface area contributed by atoms with Crippen molar-refractivity contribution in [1.82, 2.24) is 10.2 Å². The highest BCUT2D eigenvalue weighted by Crippen LogP contribution is 2.29. The number of hydrogen-bond acceptors (Lipinski definition) is 4. The van der Waals surface area contributed by atoms with Gasteiger partial charge in [0.25, 0.3) is 10.0 Å². The van der Waals surface area contributed by atoms with E-state index in [4.69, 9.17) is 23.2 Å². The Bertz CT molecular complexity index is 1460. The quantitative estimate of drug-likeness (QED) is 0.250. The summed E-state index contributed by atoms with van der Waals surface area (Å²) in [5.41, 5.74) is 2.55. The van der Waals surface area contributed by atoms with E-state index in [0.29, 0.717) is 34.1 Å². The third-order valence-corrected chi connectivity index (χ3v) is 9.45. The van der Waals surface area contributed by atoms with Crippen molar-refractivity contribution in [3.63, 3.8) is 0 Å². The second kappa shape index (κ2) is 14.2. The summed E-state index contributed by atoms with van der Waals surface area (Å²) in [6, 6.07) is 17.4. The molecule has 2 unspecified atom stereocenters. The van der Waals surface area contributed by atoms with Crippen LogP contribution in [0.15, 0.2) is 71.6 Å². The number of sulfonamides is 1. The van der Waals surface area contributed by atoms with Gasteiger partial charge in [-0.3, -0.25) is 13.9 Å². The van der Waals surface area contributed by atoms with Gasteiger partial charge in [0, 0.05) is 28.2 Å². The van der Waals surface area contributed by atoms with Crippen LogP contribution in [0.5, 0.6) is 0 Å². The minimum absolute atomic E-state index is 0.0552. The third kappa shape index (κ3) is 8.03. The summed E-state index contributed by atoms with van der Waals surface area (Å²) < 4.78 is 29.0. The van der Waals surface area contributed by atoms with Gasteiger partial charge < -0.3 is 10.2 Å². The van der Waals surface area contributed by atoms with Crippen molar-refractivity contribution in [1.29, 1.82) is 0 Å². The van der Waals surface area contributed by atoms with Gasteiger partial charge in [-0.25, -0.2) is 8.42 Å². The Balaban J connectivity index is 2.10. The Labute approximate surface area is 253 Å². The topological polar surface area (TPSA) is 86.8 Å². The minimum Gasteiger partial charge on any atom is -0.352 e. The van der Waals surface area contributed by atoms with E-state index in [-0.39, 0.29) is 23.4 Å². The van der Waals surface area contributed by atoms with Crippen molar-refractivity contribution in [3.8, 4) is 0 Å². The molecule has 0 bridgehead atoms. The molecule has 0 aromatic heterocycles. The number of aryl methyl sites for hydroxylation is 2. The molecule has 7 nitrogen and oxygen atoms in total. The van der Waals surface area contributed by atoms with E-state index < -0.39 is 28.5 Å². The number of rotatable bonds is 12. The summed E-state index contributed by atoms with van der Waals surface area (Å²) in [7, 11) is -4.15. The molecular weight excluding hydrogens is 581 g/mol. The number of halogens is 2. The molecule has 0 aliphatic rings. The summed E-state index contributed by atoms with van der Waals surface area (Å²) >= 11 is 12.9. The molecule has 0 fully saturated rings. The highest BCUT2D eigenvalue weighted by atomic mass is 35.5. The van der Waals surface area contributed by atoms with Crippen LogP contribution in [0.3, 0.4) is 0 Å². The maximum atomic E-state index is 14.2. The molecule has 0 aliphatic heterocycles. The van der Waals surface area contributed by atoms with Gasteiger partial charge in [-0.05, 0) is 75.6 Å². The van der Waals surface area contributed by atoms with Gasteiger partial charge in [-0.1, -0.05) is 72.9 Å². The highest BCUT2D eigenvalue weighted by Gasteiger charge is 2.34. The molecule has 3 aromatic carbocycles. The van der Waals surface area contributed by atoms with Crippen molar-refractivity contribution in [2.24, 2.45) is 0 Å². The van der Waals surface area contributed by atoms with Crippen LogP contribution in [-0.2, 0) is 26.2 Å². The number of nitrogens with one attached hydrogen (secondary N) is 1. The van der Waals surface area contributed by atoms with Gasteiger partial charge in [0.05, 0.1) is 10.6 Å². The maximum Gasteiger partial charge on any atom is 0.264 e. The molecule has 3 rings (SSSR count). The average molecular weight is 619 g/mol. The lowest BCUT2D eigenvalue weighted by Gasteiger charge is -2.34. The molecule has 10 heteroatoms. The molecule has 0 saturated heterocycles. The van der Waals surface area contributed by atoms with Crippen LogP contribution in [-0.4, -0.2) is 43.8 Å². The smallest absolute Gasteiger partial charge is 0.264 e. The van der Waals surface area contributed by atoms with Gasteiger partial charge in [0.15, 0.2) is 0 Å². The number of benzene rings is 3. The van der Waals surface area contributed by atoms with E-state index in [1.165, 1.54) is 17.0 Å². The van der Waals surface area contributed by atoms with E-state index in [0.717, 1.165) is 15.4 Å². The van der Waals surface area contributed by atoms with Gasteiger partial charge in [-0.15, -0.1) is 0 Å². The zero-order chi connectivity index (χ0) is 30.3. The Kier molecular flexibility index (Phi) is 11.2. The van der Waals surface area contributed by atoms with Crippen molar-refractivity contribution in [2.75, 3.05) is 10.8 Å². The number of carbonyl (C=O) groups excluding carboxylic acids is 2. The van der Waals surface area contributed by atoms with Crippen molar-refractivity contribution in [2.45, 2.75) is 71.0 Å². The van der Waals surface area contributed by atoms with E-state index in [9.17, 15) is 18.0 Å². The standard InChI is InChI=1S/C31H37Cl2N3O4S/c1-6-23(5)34-31(38)29(7-2)35(19-26-27(32)12-9-13-28(26)33)30(37)20-36(24-11-8-10-22(4)18-24)41(39,40)25-16-14-21(3)15-17-25/h8-18,23,29H,6-7,19-20H2,1-5H3,(H,34,38). The summed E-state index contributed by atoms with van der Waals surface area (Å²) in [6.45, 7) is 8.75. The van der Waals surface area contributed by atoms with Crippen molar-refractivity contribution in [3.05, 3.63) is 93.5 Å². The molecule has 0 saturated carbocycles. The van der Waals surface area contributed by atoms with Crippen LogP contribution < -0.4 is 9.62 Å². The molecule has 0 radical (unpaired) electrons. The summed E-state index contributed by atoms with van der Waals surface area (Å²) in [5.74, 6) is -0.897. The Morgan fingerprint density at radius 2 is 1.49 bits per heavy atom. The molecule has 0 spiro atoms. The second-order valence-corrected chi connectivity index (χ2v) is 12.8. The monoisotopic (exact) mass is 617 g/mol. The Morgan fingerprint density at radius 3 is 2.05 bits per heavy atom. The number of anilines is 1. The lowest BCUT2D eigenvalue weighted by atomic mass is 10.1. The molecule has 2 atom stereocenters. The molecule has 2 amide bonds. The predicted octanol–water partition coefficient (Wildman–Crippen LogP) is 6.53. The van der Waals surface area contributed by atoms with Gasteiger partial charge in [-0.2, -0.15) is 0 Å². The van der Waals surface area contributed by atoms with Crippen LogP contribution in [0.25, 0.3) is 0 Å². The summed E-state index contributed by atoms with van der Waals surface area (Å²) in [6.07, 6.45) is 1.01. The SMILES string of the molecule is CCC(C)NC(=O)C(CC)N(Cc1c(Cl)cccc1Cl)C(=O)CN(c1cccc(C)c1)S(=O)(=O)c1ccc(C)cc1. The van der Waals surface area contributed by atoms with Crippen LogP contribution in [0, 0.1) is 13.8 Å². The largest absolute Gasteiger partial charge is 0.352 e. The van der Waals surface area contributed by atoms with Crippen LogP contribution in [0.1, 0.15) is 50.3 Å². The number of amides is 2. The second-order valence-electron chi connectivity index (χ2n) is 10.1. The summed E-state index contributed by atoms with van der Waals surface area (Å²) in [4.78, 5) is 29.0. The molecule has 0 heterocycles. The molecule has 41 heavy (non-hydrogen) atoms. The van der Waals surface area contributed by atoms with Crippen LogP contribution >= 0.6 is 23.2 Å². The van der Waals surface area contributed by atoms with E-state index in [1.54, 1.807) is 55.5 Å². The third-order valence-electron chi connectivity index (χ3n) is 6.95. The van der Waals surface area contributed by atoms with E-state index in [1.807, 2.05) is 33.8 Å². The minimum atomic E-state index is -4.15. The Morgan fingerprint density at radius 1 is 0.878 bits per heavy atom. The van der Waals surface area contributed by atoms with Crippen LogP contribution in [0.4, 0.5) is 5.69 Å². The van der Waals surface area contributed by atoms with Gasteiger partial charge >= 0.3 is 0 Å². The van der Waals surface area contributed by atoms with E-state index in [2.05, 4.69) is 5.32 Å². The average Bonchev–Trinajstić information content (AvgIpc) is 2.93. The van der Waals surface area contributed by atoms with Crippen LogP contribution in [0.2, 0.25) is 10.0 Å². The predicted molar refractivity (Wildman–Crippen MR) is 166 cm³/mol. The molecule has 0 aliphatic carbocycles. The highest BCUT2D eigenvalue weighted by molar-refractivity contribution is 7.92. The zero-order valence-electron chi connectivity index (χ0n) is 24.0. The lowest BCUT2D eigenvalue weighted by molar-refractivity contribution is -0.140. The first kappa shape index (κ1) is 32.4. The summed E-state index contributed by atoms with van der Waals surface area (Å²) in [5, 5.41) is 3.64. The fourth-order valence-electron chi connectivity index (χ4n) is 4.36. The zero-order valence-corrected chi connectivity index (χ0v) is 26.4. The van der Waals surface area contributed by atoms with Gasteiger partial charge in [0.2, 0.25) is 11.8 Å². The molecule has 1 N–H and O–H groups in total. The van der Waals surface area contributed by atoms with Crippen molar-refractivity contribution >= 4 is 50.7 Å². The first-order valence-corrected chi connectivity index (χ1v) is 15.8. The first-order valence-electron chi connectivity index (χ1n) is 13.6. The number of hydrogen-bond donors (Lipinski definition) is 1. The maximum absolute atomic E-state index is 14.2. The van der Waals surface area contributed by atoms with Crippen molar-refractivity contribution < 1.29 is 18.0 Å². The molecular formula is C31H37Cl2N3O4S. The van der Waals surface area contributed by atoms with Gasteiger partial charge in [0.1, 0.15) is 12.6 Å². The van der Waals surface area contributed by atoms with E-state index >= 15 is 0 Å². The lowest BCUT2D eigenvalue weighted by Crippen LogP contribution is -2.53. The molecule has 220 valence electrons. The fraction of sp³-hybridized carbons (Fsp3) is 0.355. The normalized spacial score (nSPS) is 12.9. The number of nitrogens with zero attached hydrogens (tertiary/aromatic N) is 2. The number of carbonyl (C=O) groups is 2. The first-order chi connectivity index (χ1) is 19.4. The fourth-order valence-corrected chi connectivity index (χ4v) is 6.29. The molecule has 3 aromatic rings.